The molecule has 0 radical (unpaired) electrons. The normalized spacial score (nSPS) is 20.0. The molecule has 1 unspecified atom stereocenters. The summed E-state index contributed by atoms with van der Waals surface area (Å²) in [5.41, 5.74) is 0.592. The molecule has 1 aromatic carbocycles. The number of phenolic OH excluding ortho intramolecular Hbond substituents is 1. The van der Waals surface area contributed by atoms with Gasteiger partial charge in [-0.05, 0) is 12.1 Å². The van der Waals surface area contributed by atoms with Crippen molar-refractivity contribution in [3.8, 4) is 22.8 Å². The van der Waals surface area contributed by atoms with Crippen molar-refractivity contribution in [2.45, 2.75) is 6.04 Å². The highest BCUT2D eigenvalue weighted by atomic mass is 19.1. The van der Waals surface area contributed by atoms with Crippen LogP contribution in [0.2, 0.25) is 0 Å². The first-order valence-electron chi connectivity index (χ1n) is 7.77. The number of rotatable bonds is 1. The number of nitrogens with one attached hydrogen (secondary N) is 1. The van der Waals surface area contributed by atoms with Crippen molar-refractivity contribution in [3.63, 3.8) is 0 Å². The molecule has 0 aliphatic carbocycles. The fourth-order valence-electron chi connectivity index (χ4n) is 3.14. The third kappa shape index (κ3) is 2.37. The fraction of sp³-hybridized carbons (Fsp3) is 0.294. The van der Waals surface area contributed by atoms with Crippen molar-refractivity contribution < 1.29 is 19.0 Å². The second-order valence-corrected chi connectivity index (χ2v) is 5.87. The lowest BCUT2D eigenvalue weighted by molar-refractivity contribution is 0.0606. The summed E-state index contributed by atoms with van der Waals surface area (Å²) in [5.74, 6) is -0.555. The van der Waals surface area contributed by atoms with Crippen LogP contribution in [-0.2, 0) is 0 Å². The summed E-state index contributed by atoms with van der Waals surface area (Å²) < 4.78 is 19.8. The van der Waals surface area contributed by atoms with Crippen LogP contribution in [-0.4, -0.2) is 53.2 Å². The quantitative estimate of drug-likeness (QED) is 0.827. The number of phenols is 1. The Morgan fingerprint density at radius 2 is 2.29 bits per heavy atom. The number of carbonyl (C=O) groups is 1. The van der Waals surface area contributed by atoms with Gasteiger partial charge < -0.3 is 20.1 Å². The Morgan fingerprint density at radius 3 is 3.12 bits per heavy atom. The number of pyridine rings is 1. The second kappa shape index (κ2) is 5.76. The number of aromatic nitrogens is 1. The Bertz CT molecular complexity index is 791. The van der Waals surface area contributed by atoms with Crippen molar-refractivity contribution in [1.29, 1.82) is 0 Å². The van der Waals surface area contributed by atoms with Crippen molar-refractivity contribution in [1.82, 2.24) is 15.2 Å². The molecule has 124 valence electrons. The summed E-state index contributed by atoms with van der Waals surface area (Å²) in [6.07, 6.45) is 1.39. The molecule has 0 saturated carbocycles. The summed E-state index contributed by atoms with van der Waals surface area (Å²) in [4.78, 5) is 18.7. The van der Waals surface area contributed by atoms with Gasteiger partial charge in [-0.25, -0.2) is 4.39 Å². The van der Waals surface area contributed by atoms with Crippen LogP contribution in [0.3, 0.4) is 0 Å². The molecular weight excluding hydrogens is 313 g/mol. The number of halogens is 1. The van der Waals surface area contributed by atoms with Gasteiger partial charge in [0.05, 0.1) is 22.9 Å². The number of hydrogen-bond donors (Lipinski definition) is 2. The minimum atomic E-state index is -0.580. The zero-order chi connectivity index (χ0) is 16.7. The van der Waals surface area contributed by atoms with Gasteiger partial charge in [-0.1, -0.05) is 6.07 Å². The van der Waals surface area contributed by atoms with Crippen LogP contribution in [0.5, 0.6) is 11.5 Å². The van der Waals surface area contributed by atoms with E-state index in [1.54, 1.807) is 4.90 Å². The lowest BCUT2D eigenvalue weighted by Crippen LogP contribution is -2.54. The summed E-state index contributed by atoms with van der Waals surface area (Å²) in [7, 11) is 0. The number of benzene rings is 1. The molecule has 4 rings (SSSR count). The lowest BCUT2D eigenvalue weighted by Gasteiger charge is -2.33. The van der Waals surface area contributed by atoms with E-state index in [2.05, 4.69) is 10.3 Å². The largest absolute Gasteiger partial charge is 0.507 e. The van der Waals surface area contributed by atoms with Crippen molar-refractivity contribution >= 4 is 5.91 Å². The van der Waals surface area contributed by atoms with E-state index in [1.807, 2.05) is 0 Å². The summed E-state index contributed by atoms with van der Waals surface area (Å²) in [6, 6.07) is 5.54. The second-order valence-electron chi connectivity index (χ2n) is 5.87. The molecule has 1 saturated heterocycles. The van der Waals surface area contributed by atoms with Gasteiger partial charge in [-0.3, -0.25) is 9.78 Å². The van der Waals surface area contributed by atoms with Gasteiger partial charge in [-0.2, -0.15) is 0 Å². The van der Waals surface area contributed by atoms with Crippen LogP contribution in [0.15, 0.2) is 30.5 Å². The molecule has 1 atom stereocenters. The van der Waals surface area contributed by atoms with Crippen LogP contribution in [0.4, 0.5) is 4.39 Å². The maximum absolute atomic E-state index is 14.0. The van der Waals surface area contributed by atoms with E-state index in [1.165, 1.54) is 30.5 Å². The maximum Gasteiger partial charge on any atom is 0.259 e. The summed E-state index contributed by atoms with van der Waals surface area (Å²) in [5, 5.41) is 13.2. The number of nitrogens with zero attached hydrogens (tertiary/aromatic N) is 2. The molecule has 2 aliphatic rings. The first-order chi connectivity index (χ1) is 11.6. The molecule has 2 N–H and O–H groups in total. The van der Waals surface area contributed by atoms with Gasteiger partial charge in [0.15, 0.2) is 0 Å². The molecule has 1 fully saturated rings. The average Bonchev–Trinajstić information content (AvgIpc) is 2.72. The zero-order valence-corrected chi connectivity index (χ0v) is 12.8. The Morgan fingerprint density at radius 1 is 1.42 bits per heavy atom. The van der Waals surface area contributed by atoms with Crippen LogP contribution >= 0.6 is 0 Å². The summed E-state index contributed by atoms with van der Waals surface area (Å²) >= 11 is 0. The number of ether oxygens (including phenoxy) is 1. The van der Waals surface area contributed by atoms with Gasteiger partial charge in [0.25, 0.3) is 5.91 Å². The Balaban J connectivity index is 1.77. The molecule has 2 aliphatic heterocycles. The maximum atomic E-state index is 14.0. The van der Waals surface area contributed by atoms with Crippen LogP contribution in [0.25, 0.3) is 11.3 Å². The van der Waals surface area contributed by atoms with Crippen molar-refractivity contribution in [3.05, 3.63) is 41.8 Å². The fourth-order valence-corrected chi connectivity index (χ4v) is 3.14. The first kappa shape index (κ1) is 14.9. The van der Waals surface area contributed by atoms with Gasteiger partial charge in [0.2, 0.25) is 0 Å². The molecule has 0 spiro atoms. The molecule has 6 nitrogen and oxygen atoms in total. The van der Waals surface area contributed by atoms with Crippen LogP contribution in [0.1, 0.15) is 10.4 Å². The van der Waals surface area contributed by atoms with E-state index in [0.29, 0.717) is 31.0 Å². The highest BCUT2D eigenvalue weighted by molar-refractivity contribution is 5.97. The third-order valence-corrected chi connectivity index (χ3v) is 4.39. The van der Waals surface area contributed by atoms with E-state index >= 15 is 0 Å². The van der Waals surface area contributed by atoms with E-state index in [4.69, 9.17) is 4.74 Å². The molecule has 2 aromatic rings. The van der Waals surface area contributed by atoms with Crippen molar-refractivity contribution in [2.75, 3.05) is 26.2 Å². The number of hydrogen-bond acceptors (Lipinski definition) is 5. The molecule has 3 heterocycles. The average molecular weight is 329 g/mol. The van der Waals surface area contributed by atoms with Crippen LogP contribution < -0.4 is 10.1 Å². The Kier molecular flexibility index (Phi) is 3.57. The molecule has 0 bridgehead atoms. The number of amides is 1. The molecule has 1 aromatic heterocycles. The van der Waals surface area contributed by atoms with Crippen LogP contribution in [0, 0.1) is 5.82 Å². The standard InChI is InChI=1S/C17H16FN3O3/c18-12-2-1-3-14(22)16(12)13-6-15-11(8-20-13)17(23)21-5-4-19-7-10(21)9-24-15/h1-3,6,8,10,19,22H,4-5,7,9H2. The van der Waals surface area contributed by atoms with Gasteiger partial charge in [0, 0.05) is 31.9 Å². The smallest absolute Gasteiger partial charge is 0.259 e. The zero-order valence-electron chi connectivity index (χ0n) is 12.8. The first-order valence-corrected chi connectivity index (χ1v) is 7.77. The van der Waals surface area contributed by atoms with Crippen molar-refractivity contribution in [2.24, 2.45) is 0 Å². The number of piperazine rings is 1. The third-order valence-electron chi connectivity index (χ3n) is 4.39. The summed E-state index contributed by atoms with van der Waals surface area (Å²) in [6.45, 7) is 2.39. The lowest BCUT2D eigenvalue weighted by atomic mass is 10.1. The predicted octanol–water partition coefficient (Wildman–Crippen LogP) is 1.40. The van der Waals surface area contributed by atoms with E-state index < -0.39 is 5.82 Å². The minimum Gasteiger partial charge on any atom is -0.507 e. The predicted molar refractivity (Wildman–Crippen MR) is 84.5 cm³/mol. The van der Waals surface area contributed by atoms with Gasteiger partial charge >= 0.3 is 0 Å². The SMILES string of the molecule is O=C1c2cnc(-c3c(O)cccc3F)cc2OCC2CNCCN12. The van der Waals surface area contributed by atoms with E-state index in [-0.39, 0.29) is 29.0 Å². The van der Waals surface area contributed by atoms with Gasteiger partial charge in [-0.15, -0.1) is 0 Å². The van der Waals surface area contributed by atoms with E-state index in [9.17, 15) is 14.3 Å². The topological polar surface area (TPSA) is 74.7 Å². The van der Waals surface area contributed by atoms with Gasteiger partial charge in [0.1, 0.15) is 23.9 Å². The molecule has 7 heteroatoms. The molecule has 1 amide bonds. The highest BCUT2D eigenvalue weighted by Gasteiger charge is 2.33. The molecule has 24 heavy (non-hydrogen) atoms. The minimum absolute atomic E-state index is 0.0000138. The number of carbonyl (C=O) groups excluding carboxylic acids is 1. The number of aromatic hydroxyl groups is 1. The molecular formula is C17H16FN3O3. The van der Waals surface area contributed by atoms with E-state index in [0.717, 1.165) is 6.54 Å². The Hall–Kier alpha value is -2.67. The monoisotopic (exact) mass is 329 g/mol. The Labute approximate surface area is 137 Å². The number of fused-ring (bicyclic) bond motifs is 2. The highest BCUT2D eigenvalue weighted by Crippen LogP contribution is 2.34.